The van der Waals surface area contributed by atoms with E-state index in [0.717, 1.165) is 52.9 Å². The summed E-state index contributed by atoms with van der Waals surface area (Å²) in [5.41, 5.74) is 1.86. The molecule has 0 aliphatic carbocycles. The van der Waals surface area contributed by atoms with Crippen molar-refractivity contribution in [1.82, 2.24) is 5.32 Å². The van der Waals surface area contributed by atoms with Gasteiger partial charge in [0.2, 0.25) is 5.91 Å². The maximum absolute atomic E-state index is 13.9. The Balaban J connectivity index is 2.24. The lowest BCUT2D eigenvalue weighted by atomic mass is 9.88. The Morgan fingerprint density at radius 3 is 1.76 bits per heavy atom. The molecule has 1 amide bonds. The van der Waals surface area contributed by atoms with Gasteiger partial charge in [-0.1, -0.05) is 35.4 Å². The molecule has 1 N–H and O–H groups in total. The number of rotatable bonds is 15. The van der Waals surface area contributed by atoms with Crippen LogP contribution < -0.4 is 14.4 Å². The molecule has 1 unspecified atom stereocenters. The maximum Gasteiger partial charge on any atom is 0.466 e. The summed E-state index contributed by atoms with van der Waals surface area (Å²) in [6, 6.07) is 12.3. The molecule has 0 saturated carbocycles. The van der Waals surface area contributed by atoms with Crippen molar-refractivity contribution in [2.45, 2.75) is 91.1 Å². The molecule has 0 aromatic heterocycles. The number of hydrogen-bond donors (Lipinski definition) is 1. The van der Waals surface area contributed by atoms with Crippen LogP contribution in [0.5, 0.6) is 11.5 Å². The summed E-state index contributed by atoms with van der Waals surface area (Å²) < 4.78 is 51.7. The lowest BCUT2D eigenvalue weighted by Crippen LogP contribution is -2.69. The number of carbonyl (C=O) groups excluding carboxylic acids is 6. The molecule has 3 rings (SSSR count). The molecule has 0 bridgehead atoms. The molecule has 1 aliphatic rings. The van der Waals surface area contributed by atoms with Crippen molar-refractivity contribution in [2.75, 3.05) is 13.7 Å². The Morgan fingerprint density at radius 1 is 0.804 bits per heavy atom. The normalized spacial score (nSPS) is 20.9. The van der Waals surface area contributed by atoms with Crippen LogP contribution in [0.4, 0.5) is 0 Å². The molecule has 1 saturated heterocycles. The molecule has 16 nitrogen and oxygen atoms in total. The quantitative estimate of drug-likeness (QED) is 0.158. The highest BCUT2D eigenvalue weighted by Crippen LogP contribution is 2.49. The van der Waals surface area contributed by atoms with E-state index in [1.54, 1.807) is 48.5 Å². The molecule has 2 aromatic carbocycles. The van der Waals surface area contributed by atoms with E-state index in [9.17, 15) is 28.8 Å². The van der Waals surface area contributed by atoms with Crippen LogP contribution in [0.25, 0.3) is 0 Å². The van der Waals surface area contributed by atoms with E-state index in [1.807, 2.05) is 13.8 Å². The van der Waals surface area contributed by atoms with E-state index in [0.29, 0.717) is 0 Å². The maximum atomic E-state index is 13.9. The van der Waals surface area contributed by atoms with Crippen molar-refractivity contribution in [3.63, 3.8) is 0 Å². The number of methoxy groups -OCH3 is 1. The predicted molar refractivity (Wildman–Crippen MR) is 177 cm³/mol. The molecule has 1 fully saturated rings. The van der Waals surface area contributed by atoms with Gasteiger partial charge in [0.25, 0.3) is 5.79 Å². The van der Waals surface area contributed by atoms with E-state index < -0.39 is 93.6 Å². The van der Waals surface area contributed by atoms with Crippen LogP contribution in [0.15, 0.2) is 48.5 Å². The SMILES string of the molecule is COC(=O)[C@]1(OP(Oc2ccc(C)cc2)Oc2ccc(C)cc2)C[C@@H](OC(C)=O)[C@@H](NC(C)=O)C([C@H](OC(C)=O)[C@@H](COC(C)=O)OC(C)=O)O1. The number of benzene rings is 2. The number of nitrogens with one attached hydrogen (secondary N) is 1. The lowest BCUT2D eigenvalue weighted by molar-refractivity contribution is -0.290. The summed E-state index contributed by atoms with van der Waals surface area (Å²) in [7, 11) is -1.58. The molecule has 1 heterocycles. The van der Waals surface area contributed by atoms with Crippen molar-refractivity contribution in [1.29, 1.82) is 0 Å². The van der Waals surface area contributed by atoms with Gasteiger partial charge in [-0.25, -0.2) is 9.32 Å². The third kappa shape index (κ3) is 12.2. The van der Waals surface area contributed by atoms with Crippen LogP contribution in [0.3, 0.4) is 0 Å². The second-order valence-corrected chi connectivity index (χ2v) is 12.5. The Labute approximate surface area is 296 Å². The van der Waals surface area contributed by atoms with Gasteiger partial charge in [-0.2, -0.15) is 0 Å². The smallest absolute Gasteiger partial charge is 0.465 e. The topological polar surface area (TPSA) is 198 Å². The lowest BCUT2D eigenvalue weighted by Gasteiger charge is -2.48. The summed E-state index contributed by atoms with van der Waals surface area (Å²) in [6.07, 6.45) is -7.06. The van der Waals surface area contributed by atoms with Gasteiger partial charge in [0.15, 0.2) is 12.2 Å². The standard InChI is InChI=1S/C34H42NO15P/c1-19-9-13-26(14-10-19)48-51(49-27-15-11-20(2)12-16-27)50-34(33(41)42-8)17-28(44-23(5)38)30(35-21(3)36)32(47-34)31(46-25(7)40)29(45-24(6)39)18-43-22(4)37/h9-16,28-32H,17-18H2,1-8H3,(H,35,36)/t28-,29-,30-,31-,32?,34-/m1/s1. The molecule has 17 heteroatoms. The van der Waals surface area contributed by atoms with Crippen molar-refractivity contribution in [3.8, 4) is 11.5 Å². The molecule has 6 atom stereocenters. The highest BCUT2D eigenvalue weighted by Gasteiger charge is 2.61. The number of carbonyl (C=O) groups is 6. The zero-order chi connectivity index (χ0) is 37.9. The van der Waals surface area contributed by atoms with E-state index in [1.165, 1.54) is 0 Å². The van der Waals surface area contributed by atoms with Crippen LogP contribution in [0.1, 0.15) is 52.2 Å². The summed E-state index contributed by atoms with van der Waals surface area (Å²) in [6.45, 7) is 8.54. The molecular formula is C34H42NO15P. The summed E-state index contributed by atoms with van der Waals surface area (Å²) in [4.78, 5) is 75.5. The van der Waals surface area contributed by atoms with Crippen LogP contribution >= 0.6 is 8.60 Å². The first kappa shape index (κ1) is 40.6. The third-order valence-corrected chi connectivity index (χ3v) is 8.28. The van der Waals surface area contributed by atoms with Crippen LogP contribution in [-0.2, 0) is 61.7 Å². The first-order chi connectivity index (χ1) is 24.0. The fourth-order valence-electron chi connectivity index (χ4n) is 5.04. The minimum Gasteiger partial charge on any atom is -0.465 e. The molecule has 51 heavy (non-hydrogen) atoms. The summed E-state index contributed by atoms with van der Waals surface area (Å²) in [5.74, 6) is -7.18. The van der Waals surface area contributed by atoms with Gasteiger partial charge in [-0.05, 0) is 38.1 Å². The van der Waals surface area contributed by atoms with E-state index in [-0.39, 0.29) is 11.5 Å². The van der Waals surface area contributed by atoms with Gasteiger partial charge in [-0.3, -0.25) is 24.0 Å². The van der Waals surface area contributed by atoms with Gasteiger partial charge in [0.1, 0.15) is 30.3 Å². The van der Waals surface area contributed by atoms with Crippen molar-refractivity contribution in [2.24, 2.45) is 0 Å². The molecule has 0 spiro atoms. The minimum atomic E-state index is -2.63. The largest absolute Gasteiger partial charge is 0.466 e. The monoisotopic (exact) mass is 735 g/mol. The van der Waals surface area contributed by atoms with E-state index in [2.05, 4.69) is 5.32 Å². The summed E-state index contributed by atoms with van der Waals surface area (Å²) in [5, 5.41) is 2.61. The van der Waals surface area contributed by atoms with Crippen molar-refractivity contribution in [3.05, 3.63) is 59.7 Å². The van der Waals surface area contributed by atoms with Gasteiger partial charge in [0, 0.05) is 34.6 Å². The van der Waals surface area contributed by atoms with Crippen LogP contribution in [0.2, 0.25) is 0 Å². The van der Waals surface area contributed by atoms with Gasteiger partial charge in [-0.15, -0.1) is 0 Å². The zero-order valence-electron chi connectivity index (χ0n) is 29.5. The average molecular weight is 736 g/mol. The summed E-state index contributed by atoms with van der Waals surface area (Å²) >= 11 is 0. The number of ether oxygens (including phenoxy) is 6. The van der Waals surface area contributed by atoms with Crippen LogP contribution in [-0.4, -0.2) is 85.7 Å². The molecule has 278 valence electrons. The predicted octanol–water partition coefficient (Wildman–Crippen LogP) is 3.53. The Bertz CT molecular complexity index is 1500. The van der Waals surface area contributed by atoms with Crippen molar-refractivity contribution >= 4 is 44.4 Å². The Morgan fingerprint density at radius 2 is 1.33 bits per heavy atom. The molecule has 0 radical (unpaired) electrons. The zero-order valence-corrected chi connectivity index (χ0v) is 30.4. The third-order valence-electron chi connectivity index (χ3n) is 7.12. The number of hydrogen-bond acceptors (Lipinski definition) is 15. The fourth-order valence-corrected chi connectivity index (χ4v) is 6.17. The second-order valence-electron chi connectivity index (χ2n) is 11.6. The van der Waals surface area contributed by atoms with Gasteiger partial charge >= 0.3 is 38.4 Å². The van der Waals surface area contributed by atoms with E-state index >= 15 is 0 Å². The molecule has 2 aromatic rings. The first-order valence-corrected chi connectivity index (χ1v) is 16.8. The highest BCUT2D eigenvalue weighted by molar-refractivity contribution is 7.42. The second kappa shape index (κ2) is 18.4. The fraction of sp³-hybridized carbons (Fsp3) is 0.471. The number of aryl methyl sites for hydroxylation is 2. The van der Waals surface area contributed by atoms with Crippen molar-refractivity contribution < 1.29 is 70.8 Å². The average Bonchev–Trinajstić information content (AvgIpc) is 3.04. The first-order valence-electron chi connectivity index (χ1n) is 15.7. The number of esters is 5. The number of amides is 1. The Hall–Kier alpha value is -4.79. The Kier molecular flexibility index (Phi) is 14.7. The van der Waals surface area contributed by atoms with Gasteiger partial charge in [0.05, 0.1) is 19.6 Å². The highest BCUT2D eigenvalue weighted by atomic mass is 31.2. The molecule has 1 aliphatic heterocycles. The minimum absolute atomic E-state index is 0.285. The molecular weight excluding hydrogens is 693 g/mol. The van der Waals surface area contributed by atoms with Gasteiger partial charge < -0.3 is 42.8 Å². The van der Waals surface area contributed by atoms with Crippen LogP contribution in [0, 0.1) is 13.8 Å². The van der Waals surface area contributed by atoms with E-state index in [4.69, 9.17) is 42.0 Å².